The molecule has 0 saturated heterocycles. The summed E-state index contributed by atoms with van der Waals surface area (Å²) in [6, 6.07) is 15.1. The Morgan fingerprint density at radius 1 is 0.692 bits per heavy atom. The normalized spacial score (nSPS) is 11.8. The molecule has 0 aromatic heterocycles. The molecule has 4 rings (SSSR count). The van der Waals surface area contributed by atoms with Gasteiger partial charge in [-0.25, -0.2) is 17.6 Å². The van der Waals surface area contributed by atoms with Crippen LogP contribution in [-0.2, 0) is 19.3 Å². The van der Waals surface area contributed by atoms with Crippen LogP contribution in [0.4, 0.5) is 30.7 Å². The van der Waals surface area contributed by atoms with Gasteiger partial charge in [0.05, 0.1) is 0 Å². The van der Waals surface area contributed by atoms with Gasteiger partial charge in [0, 0.05) is 10.9 Å². The number of benzene rings is 4. The van der Waals surface area contributed by atoms with Gasteiger partial charge in [-0.15, -0.1) is 0 Å². The monoisotopic (exact) mass is 548 g/mol. The molecule has 4 aromatic rings. The summed E-state index contributed by atoms with van der Waals surface area (Å²) in [5.74, 6) is -4.47. The molecule has 0 amide bonds. The highest BCUT2D eigenvalue weighted by atomic mass is 19.4. The number of alkyl halides is 3. The van der Waals surface area contributed by atoms with E-state index < -0.39 is 36.0 Å². The van der Waals surface area contributed by atoms with Crippen molar-refractivity contribution in [2.45, 2.75) is 51.6 Å². The van der Waals surface area contributed by atoms with Crippen molar-refractivity contribution in [3.63, 3.8) is 0 Å². The van der Waals surface area contributed by atoms with Gasteiger partial charge in [-0.1, -0.05) is 56.2 Å². The van der Waals surface area contributed by atoms with Crippen LogP contribution in [0, 0.1) is 23.3 Å². The smallest absolute Gasteiger partial charge is 0.422 e. The lowest BCUT2D eigenvalue weighted by molar-refractivity contribution is -0.154. The predicted octanol–water partition coefficient (Wildman–Crippen LogP) is 9.52. The van der Waals surface area contributed by atoms with Gasteiger partial charge in [0.15, 0.2) is 24.0 Å². The van der Waals surface area contributed by atoms with E-state index in [-0.39, 0.29) is 24.2 Å². The molecule has 0 unspecified atom stereocenters. The van der Waals surface area contributed by atoms with Crippen molar-refractivity contribution in [3.05, 3.63) is 101 Å². The molecule has 4 aromatic carbocycles. The second-order valence-corrected chi connectivity index (χ2v) is 9.54. The lowest BCUT2D eigenvalue weighted by Crippen LogP contribution is -2.20. The molecule has 0 aliphatic rings. The summed E-state index contributed by atoms with van der Waals surface area (Å²) in [6.45, 7) is 0.292. The fourth-order valence-corrected chi connectivity index (χ4v) is 4.55. The third-order valence-corrected chi connectivity index (χ3v) is 6.57. The van der Waals surface area contributed by atoms with Crippen LogP contribution in [0.25, 0.3) is 21.9 Å². The van der Waals surface area contributed by atoms with E-state index in [2.05, 4.69) is 11.7 Å². The summed E-state index contributed by atoms with van der Waals surface area (Å²) in [4.78, 5) is 0. The van der Waals surface area contributed by atoms with Crippen molar-refractivity contribution in [2.24, 2.45) is 0 Å². The second kappa shape index (κ2) is 12.1. The average Bonchev–Trinajstić information content (AvgIpc) is 2.87. The fraction of sp³-hybridized carbons (Fsp3) is 0.290. The highest BCUT2D eigenvalue weighted by Gasteiger charge is 2.30. The average molecular weight is 549 g/mol. The third-order valence-electron chi connectivity index (χ3n) is 6.57. The summed E-state index contributed by atoms with van der Waals surface area (Å²) in [7, 11) is 0. The van der Waals surface area contributed by atoms with Crippen LogP contribution in [0.5, 0.6) is 5.75 Å². The Morgan fingerprint density at radius 2 is 1.41 bits per heavy atom. The van der Waals surface area contributed by atoms with Crippen molar-refractivity contribution >= 4 is 10.8 Å². The van der Waals surface area contributed by atoms with Crippen LogP contribution in [0.2, 0.25) is 0 Å². The molecule has 0 N–H and O–H groups in total. The minimum Gasteiger partial charge on any atom is -0.478 e. The first kappa shape index (κ1) is 28.5. The van der Waals surface area contributed by atoms with Gasteiger partial charge in [-0.3, -0.25) is 0 Å². The summed E-state index contributed by atoms with van der Waals surface area (Å²) in [5, 5.41) is 0.893. The van der Waals surface area contributed by atoms with E-state index in [1.807, 2.05) is 6.07 Å². The number of ether oxygens (including phenoxy) is 1. The Kier molecular flexibility index (Phi) is 8.83. The molecule has 0 radical (unpaired) electrons. The van der Waals surface area contributed by atoms with Gasteiger partial charge in [0.2, 0.25) is 0 Å². The molecule has 206 valence electrons. The Morgan fingerprint density at radius 3 is 2.08 bits per heavy atom. The minimum atomic E-state index is -4.74. The number of hydrogen-bond acceptors (Lipinski definition) is 1. The van der Waals surface area contributed by atoms with Gasteiger partial charge < -0.3 is 4.74 Å². The molecule has 39 heavy (non-hydrogen) atoms. The largest absolute Gasteiger partial charge is 0.478 e. The van der Waals surface area contributed by atoms with E-state index in [4.69, 9.17) is 0 Å². The Labute approximate surface area is 222 Å². The SMILES string of the molecule is CCCCCc1ccc(-c2ccc3c(F)c(CCc4cc(F)c(OCC(F)(F)F)c(F)c4)ccc3c2)c(F)c1. The summed E-state index contributed by atoms with van der Waals surface area (Å²) in [5.41, 5.74) is 2.42. The number of aryl methyl sites for hydroxylation is 3. The number of halogens is 7. The zero-order valence-electron chi connectivity index (χ0n) is 21.3. The van der Waals surface area contributed by atoms with Crippen LogP contribution >= 0.6 is 0 Å². The van der Waals surface area contributed by atoms with Gasteiger partial charge in [0.25, 0.3) is 0 Å². The van der Waals surface area contributed by atoms with Crippen molar-refractivity contribution in [1.82, 2.24) is 0 Å². The molecular weight excluding hydrogens is 521 g/mol. The highest BCUT2D eigenvalue weighted by Crippen LogP contribution is 2.31. The maximum absolute atomic E-state index is 15.3. The summed E-state index contributed by atoms with van der Waals surface area (Å²) in [6.07, 6.45) is -0.613. The fourth-order valence-electron chi connectivity index (χ4n) is 4.55. The molecule has 1 nitrogen and oxygen atoms in total. The molecule has 8 heteroatoms. The third kappa shape index (κ3) is 7.11. The van der Waals surface area contributed by atoms with E-state index in [1.54, 1.807) is 42.5 Å². The molecule has 0 spiro atoms. The van der Waals surface area contributed by atoms with Crippen LogP contribution < -0.4 is 4.74 Å². The molecule has 0 atom stereocenters. The number of rotatable bonds is 10. The lowest BCUT2D eigenvalue weighted by Gasteiger charge is -2.12. The highest BCUT2D eigenvalue weighted by molar-refractivity contribution is 5.88. The maximum atomic E-state index is 15.3. The summed E-state index contributed by atoms with van der Waals surface area (Å²) < 4.78 is 99.6. The standard InChI is InChI=1S/C31H27F7O/c1-2-3-4-5-19-7-12-24(26(32)14-19)22-11-13-25-23(17-22)10-9-21(29(25)35)8-6-20-15-27(33)30(28(34)16-20)39-18-31(36,37)38/h7,9-17H,2-6,8,18H2,1H3. The summed E-state index contributed by atoms with van der Waals surface area (Å²) >= 11 is 0. The zero-order valence-corrected chi connectivity index (χ0v) is 21.3. The van der Waals surface area contributed by atoms with Gasteiger partial charge in [-0.2, -0.15) is 13.2 Å². The molecule has 0 heterocycles. The zero-order chi connectivity index (χ0) is 28.2. The van der Waals surface area contributed by atoms with Gasteiger partial charge in [0.1, 0.15) is 11.6 Å². The quantitative estimate of drug-likeness (QED) is 0.142. The van der Waals surface area contributed by atoms with E-state index in [1.165, 1.54) is 0 Å². The van der Waals surface area contributed by atoms with Crippen molar-refractivity contribution in [1.29, 1.82) is 0 Å². The Bertz CT molecular complexity index is 1440. The van der Waals surface area contributed by atoms with E-state index >= 15 is 4.39 Å². The number of hydrogen-bond donors (Lipinski definition) is 0. The van der Waals surface area contributed by atoms with Crippen LogP contribution in [0.3, 0.4) is 0 Å². The second-order valence-electron chi connectivity index (χ2n) is 9.54. The topological polar surface area (TPSA) is 9.23 Å². The van der Waals surface area contributed by atoms with Crippen molar-refractivity contribution < 1.29 is 35.5 Å². The van der Waals surface area contributed by atoms with E-state index in [9.17, 15) is 26.3 Å². The minimum absolute atomic E-state index is 0.0454. The van der Waals surface area contributed by atoms with Crippen LogP contribution in [0.1, 0.15) is 42.9 Å². The first-order valence-electron chi connectivity index (χ1n) is 12.7. The maximum Gasteiger partial charge on any atom is 0.422 e. The van der Waals surface area contributed by atoms with Gasteiger partial charge in [-0.05, 0) is 77.6 Å². The van der Waals surface area contributed by atoms with Crippen molar-refractivity contribution in [2.75, 3.05) is 6.61 Å². The number of fused-ring (bicyclic) bond motifs is 1. The van der Waals surface area contributed by atoms with Crippen LogP contribution in [-0.4, -0.2) is 12.8 Å². The Balaban J connectivity index is 1.49. The molecule has 0 bridgehead atoms. The molecule has 0 aliphatic heterocycles. The first-order chi connectivity index (χ1) is 18.6. The number of unbranched alkanes of at least 4 members (excludes halogenated alkanes) is 2. The lowest BCUT2D eigenvalue weighted by atomic mass is 9.96. The van der Waals surface area contributed by atoms with Crippen molar-refractivity contribution in [3.8, 4) is 16.9 Å². The van der Waals surface area contributed by atoms with Gasteiger partial charge >= 0.3 is 6.18 Å². The van der Waals surface area contributed by atoms with E-state index in [0.29, 0.717) is 27.5 Å². The molecule has 0 aliphatic carbocycles. The molecule has 0 fully saturated rings. The molecule has 0 saturated carbocycles. The van der Waals surface area contributed by atoms with Crippen LogP contribution in [0.15, 0.2) is 60.7 Å². The Hall–Kier alpha value is -3.55. The molecular formula is C31H27F7O. The predicted molar refractivity (Wildman–Crippen MR) is 138 cm³/mol. The van der Waals surface area contributed by atoms with E-state index in [0.717, 1.165) is 43.4 Å². The first-order valence-corrected chi connectivity index (χ1v) is 12.7.